The molecule has 0 heterocycles. The molecule has 168 valence electrons. The van der Waals surface area contributed by atoms with Crippen LogP contribution in [0.4, 0.5) is 0 Å². The molecule has 0 aliphatic rings. The van der Waals surface area contributed by atoms with Crippen molar-refractivity contribution in [1.29, 1.82) is 0 Å². The number of esters is 1. The molecule has 8 nitrogen and oxygen atoms in total. The van der Waals surface area contributed by atoms with E-state index in [2.05, 4.69) is 0 Å². The van der Waals surface area contributed by atoms with Crippen molar-refractivity contribution in [2.24, 2.45) is 0 Å². The lowest BCUT2D eigenvalue weighted by Crippen LogP contribution is -2.04. The van der Waals surface area contributed by atoms with Crippen LogP contribution in [-0.2, 0) is 9.59 Å². The minimum atomic E-state index is -1.16. The summed E-state index contributed by atoms with van der Waals surface area (Å²) >= 11 is 0. The lowest BCUT2D eigenvalue weighted by molar-refractivity contribution is -0.132. The van der Waals surface area contributed by atoms with E-state index in [1.165, 1.54) is 59.6 Å². The molecule has 0 aliphatic carbocycles. The summed E-state index contributed by atoms with van der Waals surface area (Å²) in [6.07, 6.45) is 1.44. The first-order chi connectivity index (χ1) is 14.8. The number of carbonyl (C=O) groups excluding carboxylic acids is 1. The van der Waals surface area contributed by atoms with E-state index in [0.29, 0.717) is 34.1 Å². The van der Waals surface area contributed by atoms with Gasteiger partial charge < -0.3 is 28.8 Å². The van der Waals surface area contributed by atoms with Gasteiger partial charge in [-0.1, -0.05) is 19.9 Å². The number of benzene rings is 2. The average Bonchev–Trinajstić information content (AvgIpc) is 2.77. The molecule has 0 amide bonds. The minimum absolute atomic E-state index is 0.0248. The number of hydrogen-bond acceptors (Lipinski definition) is 7. The molecule has 2 rings (SSSR count). The summed E-state index contributed by atoms with van der Waals surface area (Å²) in [5.74, 6) is -0.152. The zero-order valence-corrected chi connectivity index (χ0v) is 18.8. The van der Waals surface area contributed by atoms with Crippen molar-refractivity contribution in [2.45, 2.75) is 20.8 Å². The fourth-order valence-corrected chi connectivity index (χ4v) is 2.69. The second-order valence-corrected chi connectivity index (χ2v) is 5.78. The van der Waals surface area contributed by atoms with Crippen LogP contribution in [0.2, 0.25) is 0 Å². The van der Waals surface area contributed by atoms with Crippen LogP contribution in [0, 0.1) is 0 Å². The van der Waals surface area contributed by atoms with Gasteiger partial charge in [-0.3, -0.25) is 4.79 Å². The van der Waals surface area contributed by atoms with Gasteiger partial charge in [0.25, 0.3) is 0 Å². The van der Waals surface area contributed by atoms with E-state index in [9.17, 15) is 14.7 Å². The van der Waals surface area contributed by atoms with Crippen molar-refractivity contribution in [1.82, 2.24) is 0 Å². The molecule has 0 saturated carbocycles. The SMILES string of the molecule is CC.COc1ccc(/C=C(/C(=O)O)c2cc(OC)c(OC)c(OC)c2)cc1OC(C)=O. The standard InChI is InChI=1S/C21H22O8.C2H6/c1-12(22)29-17-9-13(6-7-16(17)25-2)8-15(21(23)24)14-10-18(26-3)20(28-5)19(11-14)27-4;1-2/h6-11H,1-5H3,(H,23,24);1-2H3/b15-8+;. The summed E-state index contributed by atoms with van der Waals surface area (Å²) in [6.45, 7) is 5.26. The van der Waals surface area contributed by atoms with E-state index in [1.54, 1.807) is 12.1 Å². The minimum Gasteiger partial charge on any atom is -0.493 e. The lowest BCUT2D eigenvalue weighted by atomic mass is 10.0. The molecule has 1 N–H and O–H groups in total. The van der Waals surface area contributed by atoms with Crippen molar-refractivity contribution in [2.75, 3.05) is 28.4 Å². The Balaban J connectivity index is 0.00000233. The smallest absolute Gasteiger partial charge is 0.336 e. The maximum Gasteiger partial charge on any atom is 0.336 e. The highest BCUT2D eigenvalue weighted by atomic mass is 16.6. The molecule has 0 aromatic heterocycles. The third kappa shape index (κ3) is 6.40. The van der Waals surface area contributed by atoms with Crippen LogP contribution >= 0.6 is 0 Å². The van der Waals surface area contributed by atoms with Gasteiger partial charge in [-0.2, -0.15) is 0 Å². The van der Waals surface area contributed by atoms with Gasteiger partial charge in [0, 0.05) is 6.92 Å². The highest BCUT2D eigenvalue weighted by molar-refractivity contribution is 6.21. The van der Waals surface area contributed by atoms with E-state index >= 15 is 0 Å². The van der Waals surface area contributed by atoms with Crippen LogP contribution in [0.3, 0.4) is 0 Å². The van der Waals surface area contributed by atoms with Crippen LogP contribution in [0.25, 0.3) is 11.6 Å². The number of carboxylic acids is 1. The molecule has 0 fully saturated rings. The van der Waals surface area contributed by atoms with Gasteiger partial charge in [0.2, 0.25) is 5.75 Å². The molecule has 8 heteroatoms. The van der Waals surface area contributed by atoms with Gasteiger partial charge in [-0.15, -0.1) is 0 Å². The van der Waals surface area contributed by atoms with Gasteiger partial charge in [0.05, 0.1) is 34.0 Å². The summed E-state index contributed by atoms with van der Waals surface area (Å²) in [5, 5.41) is 9.77. The number of hydrogen-bond donors (Lipinski definition) is 1. The summed E-state index contributed by atoms with van der Waals surface area (Å²) < 4.78 is 26.2. The van der Waals surface area contributed by atoms with E-state index in [0.717, 1.165) is 0 Å². The third-order valence-corrected chi connectivity index (χ3v) is 3.96. The summed E-state index contributed by atoms with van der Waals surface area (Å²) in [5.41, 5.74) is 0.813. The Kier molecular flexibility index (Phi) is 9.91. The maximum atomic E-state index is 12.0. The van der Waals surface area contributed by atoms with Crippen molar-refractivity contribution in [3.8, 4) is 28.7 Å². The second-order valence-electron chi connectivity index (χ2n) is 5.78. The van der Waals surface area contributed by atoms with Gasteiger partial charge in [-0.05, 0) is 41.5 Å². The highest BCUT2D eigenvalue weighted by Crippen LogP contribution is 2.40. The molecular weight excluding hydrogens is 404 g/mol. The van der Waals surface area contributed by atoms with Crippen molar-refractivity contribution >= 4 is 23.6 Å². The van der Waals surface area contributed by atoms with Gasteiger partial charge in [0.1, 0.15) is 0 Å². The number of aliphatic carboxylic acids is 1. The first-order valence-electron chi connectivity index (χ1n) is 9.46. The topological polar surface area (TPSA) is 101 Å². The molecule has 2 aromatic rings. The Morgan fingerprint density at radius 3 is 1.77 bits per heavy atom. The summed E-state index contributed by atoms with van der Waals surface area (Å²) in [6, 6.07) is 7.82. The Labute approximate surface area is 182 Å². The molecule has 0 spiro atoms. The van der Waals surface area contributed by atoms with E-state index < -0.39 is 11.9 Å². The number of methoxy groups -OCH3 is 4. The third-order valence-electron chi connectivity index (χ3n) is 3.96. The monoisotopic (exact) mass is 432 g/mol. The Morgan fingerprint density at radius 2 is 1.35 bits per heavy atom. The van der Waals surface area contributed by atoms with Crippen LogP contribution in [0.1, 0.15) is 31.9 Å². The highest BCUT2D eigenvalue weighted by Gasteiger charge is 2.19. The lowest BCUT2D eigenvalue weighted by Gasteiger charge is -2.14. The molecule has 0 saturated heterocycles. The van der Waals surface area contributed by atoms with Crippen LogP contribution in [0.15, 0.2) is 30.3 Å². The number of rotatable bonds is 8. The van der Waals surface area contributed by atoms with E-state index in [-0.39, 0.29) is 11.3 Å². The maximum absolute atomic E-state index is 12.0. The summed E-state index contributed by atoms with van der Waals surface area (Å²) in [4.78, 5) is 23.3. The van der Waals surface area contributed by atoms with Crippen molar-refractivity contribution in [3.63, 3.8) is 0 Å². The molecule has 31 heavy (non-hydrogen) atoms. The zero-order chi connectivity index (χ0) is 23.6. The molecular formula is C23H28O8. The van der Waals surface area contributed by atoms with Crippen molar-refractivity contribution in [3.05, 3.63) is 41.5 Å². The molecule has 0 aliphatic heterocycles. The predicted octanol–water partition coefficient (Wildman–Crippen LogP) is 4.30. The largest absolute Gasteiger partial charge is 0.493 e. The Bertz CT molecular complexity index is 922. The van der Waals surface area contributed by atoms with Crippen molar-refractivity contribution < 1.29 is 38.4 Å². The molecule has 0 unspecified atom stereocenters. The number of ether oxygens (including phenoxy) is 5. The summed E-state index contributed by atoms with van der Waals surface area (Å²) in [7, 11) is 5.79. The molecule has 0 atom stereocenters. The van der Waals surface area contributed by atoms with E-state index in [1.807, 2.05) is 13.8 Å². The average molecular weight is 432 g/mol. The van der Waals surface area contributed by atoms with Crippen LogP contribution < -0.4 is 23.7 Å². The Hall–Kier alpha value is -3.68. The fraction of sp³-hybridized carbons (Fsp3) is 0.304. The normalized spacial score (nSPS) is 10.4. The number of carbonyl (C=O) groups is 2. The Morgan fingerprint density at radius 1 is 0.806 bits per heavy atom. The van der Waals surface area contributed by atoms with Gasteiger partial charge in [-0.25, -0.2) is 4.79 Å². The molecule has 0 bridgehead atoms. The van der Waals surface area contributed by atoms with E-state index in [4.69, 9.17) is 23.7 Å². The first kappa shape index (κ1) is 25.4. The molecule has 0 radical (unpaired) electrons. The zero-order valence-electron chi connectivity index (χ0n) is 18.8. The predicted molar refractivity (Wildman–Crippen MR) is 117 cm³/mol. The molecule has 2 aromatic carbocycles. The first-order valence-corrected chi connectivity index (χ1v) is 9.46. The van der Waals surface area contributed by atoms with Crippen LogP contribution in [0.5, 0.6) is 28.7 Å². The van der Waals surface area contributed by atoms with Gasteiger partial charge in [0.15, 0.2) is 23.0 Å². The second kappa shape index (κ2) is 12.1. The van der Waals surface area contributed by atoms with Crippen LogP contribution in [-0.4, -0.2) is 45.5 Å². The quantitative estimate of drug-likeness (QED) is 0.285. The number of carboxylic acid groups (broad SMARTS) is 1. The van der Waals surface area contributed by atoms with Gasteiger partial charge >= 0.3 is 11.9 Å². The fourth-order valence-electron chi connectivity index (χ4n) is 2.69.